The van der Waals surface area contributed by atoms with E-state index in [4.69, 9.17) is 0 Å². The molecular weight excluding hydrogens is 400 g/mol. The number of nitrogens with one attached hydrogen (secondary N) is 2. The molecule has 7 nitrogen and oxygen atoms in total. The van der Waals surface area contributed by atoms with Crippen LogP contribution in [0, 0.1) is 6.92 Å². The molecule has 0 bridgehead atoms. The standard InChI is InChI=1S/C25H34N6O/c1-17(2)23-19(9-5-8-14-31-12-6-4-7-13-31)18(3)28-21(23)15-20-24(29-30-25(20)32)22-16-26-10-11-27-22/h10-11,15-17,28H,4-9,12-14H2,1-3H3,(H,30,32). The zero-order valence-electron chi connectivity index (χ0n) is 19.4. The van der Waals surface area contributed by atoms with Crippen LogP contribution in [0.2, 0.25) is 0 Å². The Morgan fingerprint density at radius 2 is 1.97 bits per heavy atom. The van der Waals surface area contributed by atoms with Crippen molar-refractivity contribution in [3.63, 3.8) is 0 Å². The van der Waals surface area contributed by atoms with Crippen LogP contribution >= 0.6 is 0 Å². The van der Waals surface area contributed by atoms with Gasteiger partial charge in [-0.05, 0) is 81.8 Å². The first-order valence-electron chi connectivity index (χ1n) is 11.8. The van der Waals surface area contributed by atoms with Crippen molar-refractivity contribution in [2.24, 2.45) is 5.10 Å². The molecule has 0 aromatic carbocycles. The molecule has 4 heterocycles. The van der Waals surface area contributed by atoms with Crippen LogP contribution in [0.25, 0.3) is 6.08 Å². The summed E-state index contributed by atoms with van der Waals surface area (Å²) in [6, 6.07) is 0. The van der Waals surface area contributed by atoms with E-state index in [1.54, 1.807) is 18.6 Å². The molecule has 7 heteroatoms. The van der Waals surface area contributed by atoms with Gasteiger partial charge in [0.2, 0.25) is 0 Å². The fraction of sp³-hybridized carbons (Fsp3) is 0.520. The summed E-state index contributed by atoms with van der Waals surface area (Å²) >= 11 is 0. The Bertz CT molecular complexity index is 999. The number of hydrogen-bond donors (Lipinski definition) is 2. The molecule has 2 N–H and O–H groups in total. The van der Waals surface area contributed by atoms with Crippen LogP contribution in [0.1, 0.15) is 80.1 Å². The zero-order valence-corrected chi connectivity index (χ0v) is 19.4. The van der Waals surface area contributed by atoms with Crippen molar-refractivity contribution in [2.45, 2.75) is 65.2 Å². The number of aromatic amines is 1. The molecule has 1 amide bonds. The minimum atomic E-state index is -0.212. The second-order valence-electron chi connectivity index (χ2n) is 9.12. The Labute approximate surface area is 190 Å². The van der Waals surface area contributed by atoms with E-state index < -0.39 is 0 Å². The number of rotatable bonds is 8. The third-order valence-electron chi connectivity index (χ3n) is 6.43. The van der Waals surface area contributed by atoms with E-state index in [2.05, 4.69) is 51.2 Å². The maximum Gasteiger partial charge on any atom is 0.273 e. The molecular formula is C25H34N6O. The van der Waals surface area contributed by atoms with E-state index in [0.29, 0.717) is 22.9 Å². The van der Waals surface area contributed by atoms with E-state index in [9.17, 15) is 4.79 Å². The highest BCUT2D eigenvalue weighted by molar-refractivity contribution is 6.32. The lowest BCUT2D eigenvalue weighted by molar-refractivity contribution is -0.116. The Balaban J connectivity index is 1.53. The van der Waals surface area contributed by atoms with Gasteiger partial charge in [-0.3, -0.25) is 14.8 Å². The van der Waals surface area contributed by atoms with Crippen molar-refractivity contribution in [3.8, 4) is 0 Å². The van der Waals surface area contributed by atoms with Crippen molar-refractivity contribution in [3.05, 3.63) is 52.4 Å². The van der Waals surface area contributed by atoms with Crippen LogP contribution in [0.5, 0.6) is 0 Å². The second kappa shape index (κ2) is 10.2. The average Bonchev–Trinajstić information content (AvgIpc) is 3.32. The van der Waals surface area contributed by atoms with Gasteiger partial charge in [0.05, 0.1) is 11.8 Å². The number of H-pyrrole nitrogens is 1. The van der Waals surface area contributed by atoms with Gasteiger partial charge in [0, 0.05) is 23.8 Å². The summed E-state index contributed by atoms with van der Waals surface area (Å²) in [4.78, 5) is 27.1. The predicted molar refractivity (Wildman–Crippen MR) is 128 cm³/mol. The number of carbonyl (C=O) groups excluding carboxylic acids is 1. The van der Waals surface area contributed by atoms with Gasteiger partial charge in [-0.2, -0.15) is 5.10 Å². The third kappa shape index (κ3) is 4.99. The number of unbranched alkanes of at least 4 members (excludes halogenated alkanes) is 1. The average molecular weight is 435 g/mol. The fourth-order valence-electron chi connectivity index (χ4n) is 4.85. The summed E-state index contributed by atoms with van der Waals surface area (Å²) in [6.07, 6.45) is 14.3. The van der Waals surface area contributed by atoms with Crippen molar-refractivity contribution >= 4 is 17.7 Å². The van der Waals surface area contributed by atoms with E-state index in [0.717, 1.165) is 12.1 Å². The molecule has 0 unspecified atom stereocenters. The summed E-state index contributed by atoms with van der Waals surface area (Å²) < 4.78 is 0. The quantitative estimate of drug-likeness (QED) is 0.486. The van der Waals surface area contributed by atoms with E-state index >= 15 is 0 Å². The smallest absolute Gasteiger partial charge is 0.273 e. The molecule has 2 aliphatic heterocycles. The molecule has 2 aromatic heterocycles. The molecule has 0 saturated carbocycles. The van der Waals surface area contributed by atoms with Crippen molar-refractivity contribution in [1.29, 1.82) is 0 Å². The highest BCUT2D eigenvalue weighted by Gasteiger charge is 2.27. The zero-order chi connectivity index (χ0) is 22.5. The number of carbonyl (C=O) groups is 1. The van der Waals surface area contributed by atoms with E-state index in [1.165, 1.54) is 68.6 Å². The van der Waals surface area contributed by atoms with Crippen molar-refractivity contribution in [2.75, 3.05) is 19.6 Å². The normalized spacial score (nSPS) is 18.4. The Morgan fingerprint density at radius 1 is 1.16 bits per heavy atom. The lowest BCUT2D eigenvalue weighted by Crippen LogP contribution is -2.30. The molecule has 1 fully saturated rings. The topological polar surface area (TPSA) is 86.3 Å². The molecule has 2 aliphatic rings. The first kappa shape index (κ1) is 22.4. The van der Waals surface area contributed by atoms with E-state index in [1.807, 2.05) is 6.08 Å². The summed E-state index contributed by atoms with van der Waals surface area (Å²) in [6.45, 7) is 10.3. The number of hydrogen-bond acceptors (Lipinski definition) is 5. The van der Waals surface area contributed by atoms with Crippen LogP contribution in [0.4, 0.5) is 0 Å². The highest BCUT2D eigenvalue weighted by atomic mass is 16.2. The number of aryl methyl sites for hydroxylation is 1. The lowest BCUT2D eigenvalue weighted by Gasteiger charge is -2.26. The second-order valence-corrected chi connectivity index (χ2v) is 9.12. The number of likely N-dealkylation sites (tertiary alicyclic amines) is 1. The van der Waals surface area contributed by atoms with Gasteiger partial charge in [0.15, 0.2) is 0 Å². The third-order valence-corrected chi connectivity index (χ3v) is 6.43. The van der Waals surface area contributed by atoms with Crippen LogP contribution < -0.4 is 5.43 Å². The van der Waals surface area contributed by atoms with Crippen LogP contribution in [0.15, 0.2) is 29.3 Å². The van der Waals surface area contributed by atoms with Gasteiger partial charge >= 0.3 is 0 Å². The minimum Gasteiger partial charge on any atom is -0.359 e. The van der Waals surface area contributed by atoms with Crippen LogP contribution in [0.3, 0.4) is 0 Å². The van der Waals surface area contributed by atoms with Crippen molar-refractivity contribution in [1.82, 2.24) is 25.3 Å². The molecule has 0 atom stereocenters. The molecule has 32 heavy (non-hydrogen) atoms. The maximum atomic E-state index is 12.5. The SMILES string of the molecule is Cc1[nH]c(C=C2C(=O)NN=C2c2cnccn2)c(C(C)C)c1CCCCN1CCCCC1. The van der Waals surface area contributed by atoms with E-state index in [-0.39, 0.29) is 5.91 Å². The maximum absolute atomic E-state index is 12.5. The predicted octanol–water partition coefficient (Wildman–Crippen LogP) is 3.96. The van der Waals surface area contributed by atoms with Gasteiger partial charge in [-0.25, -0.2) is 5.43 Å². The molecule has 2 aromatic rings. The van der Waals surface area contributed by atoms with Gasteiger partial charge in [-0.15, -0.1) is 0 Å². The molecule has 1 saturated heterocycles. The number of amides is 1. The minimum absolute atomic E-state index is 0.212. The monoisotopic (exact) mass is 434 g/mol. The fourth-order valence-corrected chi connectivity index (χ4v) is 4.85. The number of nitrogens with zero attached hydrogens (tertiary/aromatic N) is 4. The Morgan fingerprint density at radius 3 is 2.69 bits per heavy atom. The summed E-state index contributed by atoms with van der Waals surface area (Å²) in [5, 5.41) is 4.20. The molecule has 4 rings (SSSR count). The number of hydrazone groups is 1. The lowest BCUT2D eigenvalue weighted by atomic mass is 9.93. The largest absolute Gasteiger partial charge is 0.359 e. The Kier molecular flexibility index (Phi) is 7.15. The van der Waals surface area contributed by atoms with Crippen LogP contribution in [-0.4, -0.2) is 51.1 Å². The summed E-state index contributed by atoms with van der Waals surface area (Å²) in [5.41, 5.74) is 9.09. The summed E-state index contributed by atoms with van der Waals surface area (Å²) in [7, 11) is 0. The first-order chi connectivity index (χ1) is 15.5. The molecule has 0 radical (unpaired) electrons. The van der Waals surface area contributed by atoms with Gasteiger partial charge < -0.3 is 9.88 Å². The number of aromatic nitrogens is 3. The Hall–Kier alpha value is -2.80. The van der Waals surface area contributed by atoms with Crippen molar-refractivity contribution < 1.29 is 4.79 Å². The molecule has 0 spiro atoms. The number of piperidine rings is 1. The molecule has 0 aliphatic carbocycles. The van der Waals surface area contributed by atoms with Gasteiger partial charge in [0.25, 0.3) is 5.91 Å². The van der Waals surface area contributed by atoms with Crippen LogP contribution in [-0.2, 0) is 11.2 Å². The first-order valence-corrected chi connectivity index (χ1v) is 11.8. The van der Waals surface area contributed by atoms with Gasteiger partial charge in [-0.1, -0.05) is 20.3 Å². The van der Waals surface area contributed by atoms with Gasteiger partial charge in [0.1, 0.15) is 11.4 Å². The molecule has 170 valence electrons. The summed E-state index contributed by atoms with van der Waals surface area (Å²) in [5.74, 6) is 0.140. The highest BCUT2D eigenvalue weighted by Crippen LogP contribution is 2.30.